The highest BCUT2D eigenvalue weighted by atomic mass is 79.9. The van der Waals surface area contributed by atoms with E-state index in [9.17, 15) is 26.7 Å². The number of carbonyl (C=O) groups excluding carboxylic acids is 1. The van der Waals surface area contributed by atoms with E-state index in [0.29, 0.717) is 6.07 Å². The third-order valence-corrected chi connectivity index (χ3v) is 2.65. The van der Waals surface area contributed by atoms with Gasteiger partial charge in [-0.3, -0.25) is 4.79 Å². The molecule has 0 N–H and O–H groups in total. The minimum Gasteiger partial charge on any atom is -0.286 e. The highest BCUT2D eigenvalue weighted by Crippen LogP contribution is 2.36. The largest absolute Gasteiger partial charge is 0.417 e. The highest BCUT2D eigenvalue weighted by Gasteiger charge is 2.39. The minimum absolute atomic E-state index is 0.322. The number of benzene rings is 1. The van der Waals surface area contributed by atoms with Crippen molar-refractivity contribution in [1.82, 2.24) is 0 Å². The summed E-state index contributed by atoms with van der Waals surface area (Å²) in [5.74, 6) is -1.88. The molecule has 0 aromatic heterocycles. The van der Waals surface area contributed by atoms with Crippen LogP contribution in [0.1, 0.15) is 15.9 Å². The average Bonchev–Trinajstić information content (AvgIpc) is 2.14. The molecule has 0 spiro atoms. The highest BCUT2D eigenvalue weighted by molar-refractivity contribution is 9.10. The molecule has 1 aromatic rings. The lowest BCUT2D eigenvalue weighted by molar-refractivity contribution is -0.138. The molecule has 0 fully saturated rings. The molecule has 17 heavy (non-hydrogen) atoms. The first-order chi connectivity index (χ1) is 7.53. The summed E-state index contributed by atoms with van der Waals surface area (Å²) in [6.07, 6.45) is -4.75. The molecular weight excluding hydrogens is 334 g/mol. The second-order valence-corrected chi connectivity index (χ2v) is 4.35. The molecular formula is C9H3BrClF5O. The van der Waals surface area contributed by atoms with Crippen LogP contribution in [0.4, 0.5) is 22.0 Å². The molecule has 0 aliphatic heterocycles. The molecule has 0 amide bonds. The van der Waals surface area contributed by atoms with Crippen LogP contribution in [0.5, 0.6) is 0 Å². The molecule has 1 aromatic carbocycles. The van der Waals surface area contributed by atoms with E-state index in [1.807, 2.05) is 0 Å². The van der Waals surface area contributed by atoms with Crippen molar-refractivity contribution in [2.24, 2.45) is 0 Å². The fraction of sp³-hybridized carbons (Fsp3) is 0.222. The van der Waals surface area contributed by atoms with Crippen molar-refractivity contribution in [2.45, 2.75) is 11.6 Å². The molecule has 0 aliphatic carbocycles. The Balaban J connectivity index is 3.28. The van der Waals surface area contributed by atoms with Crippen LogP contribution < -0.4 is 0 Å². The lowest BCUT2D eigenvalue weighted by atomic mass is 10.1. The average molecular weight is 337 g/mol. The van der Waals surface area contributed by atoms with Crippen LogP contribution in [-0.2, 0) is 6.18 Å². The maximum absolute atomic E-state index is 12.5. The smallest absolute Gasteiger partial charge is 0.286 e. The summed E-state index contributed by atoms with van der Waals surface area (Å²) in [6.45, 7) is 0. The van der Waals surface area contributed by atoms with Gasteiger partial charge in [-0.05, 0) is 29.8 Å². The van der Waals surface area contributed by atoms with Gasteiger partial charge in [0.25, 0.3) is 0 Å². The van der Waals surface area contributed by atoms with Crippen LogP contribution in [0.2, 0.25) is 0 Å². The Kier molecular flexibility index (Phi) is 3.83. The van der Waals surface area contributed by atoms with E-state index in [0.717, 1.165) is 12.1 Å². The van der Waals surface area contributed by atoms with Crippen molar-refractivity contribution in [3.05, 3.63) is 33.8 Å². The maximum Gasteiger partial charge on any atom is 0.417 e. The summed E-state index contributed by atoms with van der Waals surface area (Å²) in [6, 6.07) is 2.01. The Labute approximate surface area is 106 Å². The van der Waals surface area contributed by atoms with Gasteiger partial charge in [-0.2, -0.15) is 22.0 Å². The molecule has 94 valence electrons. The van der Waals surface area contributed by atoms with E-state index in [2.05, 4.69) is 27.5 Å². The lowest BCUT2D eigenvalue weighted by Crippen LogP contribution is -2.22. The molecule has 0 bridgehead atoms. The second kappa shape index (κ2) is 4.53. The summed E-state index contributed by atoms with van der Waals surface area (Å²) in [5, 5.41) is -4.23. The van der Waals surface area contributed by atoms with Crippen molar-refractivity contribution < 1.29 is 26.7 Å². The van der Waals surface area contributed by atoms with Crippen molar-refractivity contribution in [1.29, 1.82) is 0 Å². The number of carbonyl (C=O) groups is 1. The van der Waals surface area contributed by atoms with Gasteiger partial charge in [0.15, 0.2) is 0 Å². The second-order valence-electron chi connectivity index (χ2n) is 3.02. The zero-order valence-electron chi connectivity index (χ0n) is 7.79. The monoisotopic (exact) mass is 336 g/mol. The number of hydrogen-bond acceptors (Lipinski definition) is 1. The normalized spacial score (nSPS) is 12.6. The van der Waals surface area contributed by atoms with Crippen LogP contribution in [0, 0.1) is 0 Å². The molecule has 0 unspecified atom stereocenters. The summed E-state index contributed by atoms with van der Waals surface area (Å²) < 4.78 is 61.8. The van der Waals surface area contributed by atoms with Crippen LogP contribution in [0.25, 0.3) is 0 Å². The molecule has 0 saturated heterocycles. The lowest BCUT2D eigenvalue weighted by Gasteiger charge is -2.12. The number of ketones is 1. The van der Waals surface area contributed by atoms with Crippen molar-refractivity contribution in [3.63, 3.8) is 0 Å². The van der Waals surface area contributed by atoms with Gasteiger partial charge in [-0.15, -0.1) is 0 Å². The zero-order valence-corrected chi connectivity index (χ0v) is 10.1. The topological polar surface area (TPSA) is 17.1 Å². The Hall–Kier alpha value is -0.690. The SMILES string of the molecule is O=C(c1ccc(Br)c(C(F)(F)F)c1)C(F)(F)Cl. The van der Waals surface area contributed by atoms with Gasteiger partial charge in [0, 0.05) is 10.0 Å². The van der Waals surface area contributed by atoms with Crippen LogP contribution in [0.3, 0.4) is 0 Å². The molecule has 0 heterocycles. The summed E-state index contributed by atoms with van der Waals surface area (Å²) in [5.41, 5.74) is -2.02. The zero-order chi connectivity index (χ0) is 13.4. The maximum atomic E-state index is 12.5. The molecule has 0 atom stereocenters. The molecule has 0 radical (unpaired) electrons. The first-order valence-electron chi connectivity index (χ1n) is 4.02. The van der Waals surface area contributed by atoms with E-state index < -0.39 is 28.5 Å². The van der Waals surface area contributed by atoms with E-state index in [1.165, 1.54) is 0 Å². The molecule has 0 aliphatic rings. The van der Waals surface area contributed by atoms with Gasteiger partial charge in [0.05, 0.1) is 5.56 Å². The summed E-state index contributed by atoms with van der Waals surface area (Å²) in [7, 11) is 0. The minimum atomic E-state index is -4.75. The predicted octanol–water partition coefficient (Wildman–Crippen LogP) is 4.48. The van der Waals surface area contributed by atoms with Gasteiger partial charge in [-0.25, -0.2) is 0 Å². The van der Waals surface area contributed by atoms with Gasteiger partial charge >= 0.3 is 11.6 Å². The van der Waals surface area contributed by atoms with Crippen LogP contribution >= 0.6 is 27.5 Å². The molecule has 0 saturated carbocycles. The Bertz CT molecular complexity index is 452. The molecule has 1 nitrogen and oxygen atoms in total. The van der Waals surface area contributed by atoms with Crippen molar-refractivity contribution >= 4 is 33.3 Å². The van der Waals surface area contributed by atoms with E-state index in [4.69, 9.17) is 0 Å². The van der Waals surface area contributed by atoms with Crippen molar-refractivity contribution in [3.8, 4) is 0 Å². The third-order valence-electron chi connectivity index (χ3n) is 1.79. The van der Waals surface area contributed by atoms with Gasteiger partial charge in [-0.1, -0.05) is 15.9 Å². The van der Waals surface area contributed by atoms with Crippen LogP contribution in [-0.4, -0.2) is 11.2 Å². The first kappa shape index (κ1) is 14.4. The van der Waals surface area contributed by atoms with Gasteiger partial charge in [0.1, 0.15) is 0 Å². The summed E-state index contributed by atoms with van der Waals surface area (Å²) in [4.78, 5) is 11.0. The quantitative estimate of drug-likeness (QED) is 0.442. The van der Waals surface area contributed by atoms with E-state index >= 15 is 0 Å². The number of halogens is 7. The van der Waals surface area contributed by atoms with E-state index in [1.54, 1.807) is 0 Å². The predicted molar refractivity (Wildman–Crippen MR) is 54.3 cm³/mol. The third kappa shape index (κ3) is 3.38. The Morgan fingerprint density at radius 3 is 2.12 bits per heavy atom. The van der Waals surface area contributed by atoms with Gasteiger partial charge in [0.2, 0.25) is 5.78 Å². The Morgan fingerprint density at radius 1 is 1.18 bits per heavy atom. The van der Waals surface area contributed by atoms with Crippen molar-refractivity contribution in [2.75, 3.05) is 0 Å². The Morgan fingerprint density at radius 2 is 1.71 bits per heavy atom. The fourth-order valence-electron chi connectivity index (χ4n) is 1.05. The number of alkyl halides is 6. The van der Waals surface area contributed by atoms with Crippen LogP contribution in [0.15, 0.2) is 22.7 Å². The standard InChI is InChI=1S/C9H3BrClF5O/c10-6-2-1-4(7(17)8(11,12)13)3-5(6)9(14,15)16/h1-3H. The fourth-order valence-corrected chi connectivity index (χ4v) is 1.63. The number of Topliss-reactive ketones (excluding diaryl/α,β-unsaturated/α-hetero) is 1. The molecule has 8 heteroatoms. The number of rotatable bonds is 2. The van der Waals surface area contributed by atoms with E-state index in [-0.39, 0.29) is 4.47 Å². The first-order valence-corrected chi connectivity index (χ1v) is 5.19. The molecule has 1 rings (SSSR count). The number of hydrogen-bond donors (Lipinski definition) is 0. The van der Waals surface area contributed by atoms with Gasteiger partial charge < -0.3 is 0 Å². The summed E-state index contributed by atoms with van der Waals surface area (Å²) >= 11 is 7.06.